The van der Waals surface area contributed by atoms with E-state index in [1.165, 1.54) is 6.07 Å². The zero-order chi connectivity index (χ0) is 42.0. The van der Waals surface area contributed by atoms with E-state index in [4.69, 9.17) is 33.2 Å². The molecule has 3 heterocycles. The summed E-state index contributed by atoms with van der Waals surface area (Å²) in [5.74, 6) is -5.75. The standard InChI is InChI=1S/C42H55NO15/c1-8-42(51)17-28(32-21(36(42)41(50)52-7)15-22-33(38(32)48)39(49)35-26(46)10-9-25(45)34(35)37(22)47)57-31-16-23(43(5)6)40(20(4)55-31)58-30-14-12-27(19(3)54-30)56-29-13-11-24(44)18(2)53-29/h9-10,15,18-20,23-24,27-31,36,40,44-46,48,51H,8,11-14,16-17H2,1-7H3. The first-order valence-corrected chi connectivity index (χ1v) is 20.1. The van der Waals surface area contributed by atoms with Crippen LogP contribution in [0.15, 0.2) is 18.2 Å². The third-order valence-corrected chi connectivity index (χ3v) is 12.7. The van der Waals surface area contributed by atoms with Crippen molar-refractivity contribution in [2.45, 2.75) is 152 Å². The number of hydrogen-bond acceptors (Lipinski definition) is 16. The number of aromatic hydroxyl groups is 3. The Kier molecular flexibility index (Phi) is 12.0. The number of phenolic OH excluding ortho intramolecular Hbond substituents is 3. The van der Waals surface area contributed by atoms with E-state index < -0.39 is 106 Å². The van der Waals surface area contributed by atoms with E-state index >= 15 is 0 Å². The lowest BCUT2D eigenvalue weighted by Gasteiger charge is -2.48. The van der Waals surface area contributed by atoms with Crippen LogP contribution in [0.5, 0.6) is 17.2 Å². The zero-order valence-electron chi connectivity index (χ0n) is 33.9. The molecule has 5 aliphatic rings. The fraction of sp³-hybridized carbons (Fsp3) is 0.643. The number of benzene rings is 2. The number of aliphatic hydroxyl groups excluding tert-OH is 1. The Morgan fingerprint density at radius 3 is 2.09 bits per heavy atom. The quantitative estimate of drug-likeness (QED) is 0.154. The summed E-state index contributed by atoms with van der Waals surface area (Å²) < 4.78 is 43.2. The van der Waals surface area contributed by atoms with Crippen LogP contribution in [0.4, 0.5) is 0 Å². The largest absolute Gasteiger partial charge is 0.507 e. The minimum Gasteiger partial charge on any atom is -0.507 e. The number of ether oxygens (including phenoxy) is 7. The van der Waals surface area contributed by atoms with E-state index in [1.54, 1.807) is 6.92 Å². The van der Waals surface area contributed by atoms with Gasteiger partial charge in [0.15, 0.2) is 24.7 Å². The molecule has 2 aromatic rings. The van der Waals surface area contributed by atoms with Crippen molar-refractivity contribution >= 4 is 17.5 Å². The molecule has 3 aliphatic heterocycles. The van der Waals surface area contributed by atoms with Gasteiger partial charge in [-0.05, 0) is 77.9 Å². The van der Waals surface area contributed by atoms with Gasteiger partial charge >= 0.3 is 5.97 Å². The van der Waals surface area contributed by atoms with Crippen LogP contribution in [0.2, 0.25) is 0 Å². The number of ketones is 2. The lowest BCUT2D eigenvalue weighted by molar-refractivity contribution is -0.314. The summed E-state index contributed by atoms with van der Waals surface area (Å²) in [6.07, 6.45) is -2.81. The van der Waals surface area contributed by atoms with E-state index in [2.05, 4.69) is 0 Å². The van der Waals surface area contributed by atoms with Gasteiger partial charge in [0.2, 0.25) is 5.78 Å². The van der Waals surface area contributed by atoms with Crippen molar-refractivity contribution in [3.8, 4) is 17.2 Å². The fourth-order valence-electron chi connectivity index (χ4n) is 9.36. The van der Waals surface area contributed by atoms with Crippen LogP contribution in [0.1, 0.15) is 128 Å². The molecule has 3 saturated heterocycles. The van der Waals surface area contributed by atoms with Crippen LogP contribution in [0.3, 0.4) is 0 Å². The van der Waals surface area contributed by atoms with Gasteiger partial charge < -0.3 is 63.6 Å². The van der Waals surface area contributed by atoms with Crippen LogP contribution >= 0.6 is 0 Å². The fourth-order valence-corrected chi connectivity index (χ4v) is 9.36. The topological polar surface area (TPSA) is 220 Å². The van der Waals surface area contributed by atoms with Crippen LogP contribution < -0.4 is 0 Å². The van der Waals surface area contributed by atoms with Crippen molar-refractivity contribution in [3.05, 3.63) is 51.6 Å². The second-order valence-corrected chi connectivity index (χ2v) is 16.5. The minimum atomic E-state index is -1.78. The minimum absolute atomic E-state index is 0.00169. The number of esters is 1. The Bertz CT molecular complexity index is 1920. The first-order valence-electron chi connectivity index (χ1n) is 20.1. The molecule has 16 heteroatoms. The highest BCUT2D eigenvalue weighted by atomic mass is 16.7. The Balaban J connectivity index is 1.13. The molecule has 3 fully saturated rings. The van der Waals surface area contributed by atoms with E-state index in [9.17, 15) is 39.9 Å². The third-order valence-electron chi connectivity index (χ3n) is 12.7. The maximum Gasteiger partial charge on any atom is 0.316 e. The number of nitrogens with zero attached hydrogens (tertiary/aromatic N) is 1. The number of fused-ring (bicyclic) bond motifs is 3. The summed E-state index contributed by atoms with van der Waals surface area (Å²) >= 11 is 0. The smallest absolute Gasteiger partial charge is 0.316 e. The molecule has 13 unspecified atom stereocenters. The summed E-state index contributed by atoms with van der Waals surface area (Å²) in [7, 11) is 4.97. The van der Waals surface area contributed by atoms with E-state index in [1.807, 2.05) is 39.8 Å². The molecule has 0 aromatic heterocycles. The molecule has 58 heavy (non-hydrogen) atoms. The first-order chi connectivity index (χ1) is 27.5. The normalized spacial score (nSPS) is 36.2. The van der Waals surface area contributed by atoms with Gasteiger partial charge in [0, 0.05) is 42.9 Å². The van der Waals surface area contributed by atoms with Crippen molar-refractivity contribution in [2.75, 3.05) is 21.2 Å². The number of hydrogen-bond donors (Lipinski definition) is 5. The lowest BCUT2D eigenvalue weighted by atomic mass is 9.67. The molecule has 13 atom stereocenters. The Hall–Kier alpha value is -3.71. The van der Waals surface area contributed by atoms with Gasteiger partial charge in [0.1, 0.15) is 29.3 Å². The van der Waals surface area contributed by atoms with Crippen molar-refractivity contribution in [1.82, 2.24) is 4.90 Å². The Morgan fingerprint density at radius 2 is 1.47 bits per heavy atom. The van der Waals surface area contributed by atoms with Gasteiger partial charge in [-0.15, -0.1) is 0 Å². The highest BCUT2D eigenvalue weighted by Gasteiger charge is 2.53. The summed E-state index contributed by atoms with van der Waals surface area (Å²) in [5, 5.41) is 55.3. The molecule has 0 amide bonds. The molecule has 318 valence electrons. The van der Waals surface area contributed by atoms with Gasteiger partial charge in [-0.1, -0.05) is 6.92 Å². The number of carbonyl (C=O) groups excluding carboxylic acids is 3. The number of likely N-dealkylation sites (N-methyl/N-ethyl adjacent to an activating group) is 1. The maximum atomic E-state index is 14.0. The first kappa shape index (κ1) is 42.4. The molecule has 5 N–H and O–H groups in total. The molecule has 2 aromatic carbocycles. The monoisotopic (exact) mass is 813 g/mol. The molecule has 16 nitrogen and oxygen atoms in total. The van der Waals surface area contributed by atoms with Crippen LogP contribution in [-0.4, -0.2) is 136 Å². The predicted octanol–water partition coefficient (Wildman–Crippen LogP) is 3.68. The van der Waals surface area contributed by atoms with Crippen LogP contribution in [0.25, 0.3) is 0 Å². The van der Waals surface area contributed by atoms with E-state index in [0.717, 1.165) is 19.2 Å². The van der Waals surface area contributed by atoms with Crippen molar-refractivity contribution in [3.63, 3.8) is 0 Å². The number of aliphatic hydroxyl groups is 2. The number of phenols is 3. The van der Waals surface area contributed by atoms with E-state index in [-0.39, 0.29) is 60.3 Å². The summed E-state index contributed by atoms with van der Waals surface area (Å²) in [6, 6.07) is 3.16. The highest BCUT2D eigenvalue weighted by Crippen LogP contribution is 2.54. The third kappa shape index (κ3) is 7.52. The second kappa shape index (κ2) is 16.4. The van der Waals surface area contributed by atoms with Gasteiger partial charge in [0.25, 0.3) is 0 Å². The summed E-state index contributed by atoms with van der Waals surface area (Å²) in [4.78, 5) is 43.3. The van der Waals surface area contributed by atoms with Gasteiger partial charge in [-0.25, -0.2) is 0 Å². The average molecular weight is 814 g/mol. The molecular weight excluding hydrogens is 758 g/mol. The van der Waals surface area contributed by atoms with Gasteiger partial charge in [-0.2, -0.15) is 0 Å². The predicted molar refractivity (Wildman–Crippen MR) is 203 cm³/mol. The SMILES string of the molecule is CCC1(O)CC(OC2CC(N(C)C)C(OC3CCC(OC4CCC(O)C(C)O4)C(C)O3)C(C)O2)c2c(cc3c(c2O)C(=O)c2c(O)ccc(O)c2C3=O)C1C(=O)OC. The molecule has 0 radical (unpaired) electrons. The summed E-state index contributed by atoms with van der Waals surface area (Å²) in [5.41, 5.74) is -3.41. The molecule has 0 saturated carbocycles. The molecule has 0 bridgehead atoms. The van der Waals surface area contributed by atoms with Crippen LogP contribution in [-0.2, 0) is 38.0 Å². The Morgan fingerprint density at radius 1 is 0.845 bits per heavy atom. The van der Waals surface area contributed by atoms with E-state index in [0.29, 0.717) is 25.7 Å². The zero-order valence-corrected chi connectivity index (χ0v) is 33.9. The van der Waals surface area contributed by atoms with Crippen molar-refractivity contribution in [2.24, 2.45) is 0 Å². The number of carbonyl (C=O) groups is 3. The van der Waals surface area contributed by atoms with Gasteiger partial charge in [-0.3, -0.25) is 14.4 Å². The highest BCUT2D eigenvalue weighted by molar-refractivity contribution is 6.31. The molecule has 7 rings (SSSR count). The summed E-state index contributed by atoms with van der Waals surface area (Å²) in [6.45, 7) is 7.30. The van der Waals surface area contributed by atoms with Crippen molar-refractivity contribution in [1.29, 1.82) is 0 Å². The van der Waals surface area contributed by atoms with Crippen molar-refractivity contribution < 1.29 is 73.1 Å². The van der Waals surface area contributed by atoms with Gasteiger partial charge in [0.05, 0.1) is 66.0 Å². The average Bonchev–Trinajstić information content (AvgIpc) is 3.17. The second-order valence-electron chi connectivity index (χ2n) is 16.5. The Labute approximate surface area is 336 Å². The van der Waals surface area contributed by atoms with Crippen LogP contribution in [0, 0.1) is 0 Å². The number of methoxy groups -OCH3 is 1. The molecule has 2 aliphatic carbocycles. The molecule has 0 spiro atoms. The molecular formula is C42H55NO15. The number of rotatable bonds is 9. The maximum absolute atomic E-state index is 14.0. The lowest BCUT2D eigenvalue weighted by Crippen LogP contribution is -2.57.